The third kappa shape index (κ3) is 2.28. The van der Waals surface area contributed by atoms with Crippen LogP contribution in [0.25, 0.3) is 10.4 Å². The maximum atomic E-state index is 8.10. The van der Waals surface area contributed by atoms with Gasteiger partial charge in [0.05, 0.1) is 19.3 Å². The quantitative estimate of drug-likeness (QED) is 0.332. The van der Waals surface area contributed by atoms with Crippen molar-refractivity contribution < 1.29 is 4.74 Å². The highest BCUT2D eigenvalue weighted by Gasteiger charge is 1.98. The van der Waals surface area contributed by atoms with E-state index in [1.54, 1.807) is 19.2 Å². The lowest BCUT2D eigenvalue weighted by molar-refractivity contribution is 0.417. The summed E-state index contributed by atoms with van der Waals surface area (Å²) in [6.07, 6.45) is 0. The summed E-state index contributed by atoms with van der Waals surface area (Å²) in [5, 5.41) is 3.42. The Bertz CT molecular complexity index is 344. The van der Waals surface area contributed by atoms with Crippen LogP contribution in [-0.4, -0.2) is 7.11 Å². The number of ether oxygens (including phenoxy) is 1. The molecule has 0 aliphatic carbocycles. The van der Waals surface area contributed by atoms with E-state index in [0.717, 1.165) is 5.56 Å². The minimum Gasteiger partial charge on any atom is -0.495 e. The average Bonchev–Trinajstić information content (AvgIpc) is 2.15. The van der Waals surface area contributed by atoms with Crippen molar-refractivity contribution in [3.63, 3.8) is 0 Å². The van der Waals surface area contributed by atoms with E-state index in [2.05, 4.69) is 10.0 Å². The van der Waals surface area contributed by atoms with Crippen LogP contribution in [-0.2, 0) is 6.54 Å². The van der Waals surface area contributed by atoms with Gasteiger partial charge in [-0.1, -0.05) is 11.2 Å². The van der Waals surface area contributed by atoms with E-state index in [4.69, 9.17) is 16.0 Å². The highest BCUT2D eigenvalue weighted by molar-refractivity contribution is 5.54. The number of methoxy groups -OCH3 is 1. The lowest BCUT2D eigenvalue weighted by Gasteiger charge is -2.04. The van der Waals surface area contributed by atoms with Gasteiger partial charge in [0.2, 0.25) is 0 Å². The fourth-order valence-corrected chi connectivity index (χ4v) is 0.995. The van der Waals surface area contributed by atoms with Gasteiger partial charge in [-0.2, -0.15) is 0 Å². The normalized spacial score (nSPS) is 9.00. The van der Waals surface area contributed by atoms with Gasteiger partial charge < -0.3 is 10.5 Å². The lowest BCUT2D eigenvalue weighted by atomic mass is 10.2. The van der Waals surface area contributed by atoms with Crippen molar-refractivity contribution in [3.8, 4) is 5.75 Å². The number of benzene rings is 1. The van der Waals surface area contributed by atoms with Crippen molar-refractivity contribution in [2.75, 3.05) is 12.8 Å². The zero-order valence-corrected chi connectivity index (χ0v) is 7.27. The van der Waals surface area contributed by atoms with Crippen molar-refractivity contribution in [2.24, 2.45) is 5.11 Å². The van der Waals surface area contributed by atoms with E-state index in [1.165, 1.54) is 0 Å². The SMILES string of the molecule is COc1ccc(CN=[N+]=[N-])cc1N. The number of azide groups is 1. The molecule has 0 fully saturated rings. The minimum absolute atomic E-state index is 0.310. The zero-order chi connectivity index (χ0) is 9.68. The highest BCUT2D eigenvalue weighted by atomic mass is 16.5. The molecule has 0 atom stereocenters. The van der Waals surface area contributed by atoms with Gasteiger partial charge >= 0.3 is 0 Å². The Hall–Kier alpha value is -1.87. The summed E-state index contributed by atoms with van der Waals surface area (Å²) in [6, 6.07) is 5.29. The van der Waals surface area contributed by atoms with Crippen molar-refractivity contribution >= 4 is 5.69 Å². The minimum atomic E-state index is 0.310. The van der Waals surface area contributed by atoms with E-state index >= 15 is 0 Å². The van der Waals surface area contributed by atoms with Gasteiger partial charge in [0.15, 0.2) is 0 Å². The topological polar surface area (TPSA) is 84.0 Å². The molecule has 5 heteroatoms. The van der Waals surface area contributed by atoms with Crippen LogP contribution in [0.1, 0.15) is 5.56 Å². The Kier molecular flexibility index (Phi) is 3.00. The fraction of sp³-hybridized carbons (Fsp3) is 0.250. The van der Waals surface area contributed by atoms with Crippen molar-refractivity contribution in [1.29, 1.82) is 0 Å². The first-order chi connectivity index (χ1) is 6.27. The third-order valence-corrected chi connectivity index (χ3v) is 1.61. The molecule has 0 saturated carbocycles. The average molecular weight is 178 g/mol. The summed E-state index contributed by atoms with van der Waals surface area (Å²) < 4.78 is 4.98. The molecule has 5 nitrogen and oxygen atoms in total. The predicted molar refractivity (Wildman–Crippen MR) is 50.3 cm³/mol. The molecule has 0 unspecified atom stereocenters. The predicted octanol–water partition coefficient (Wildman–Crippen LogP) is 2.09. The van der Waals surface area contributed by atoms with Crippen molar-refractivity contribution in [1.82, 2.24) is 0 Å². The lowest BCUT2D eigenvalue weighted by Crippen LogP contribution is -1.93. The number of rotatable bonds is 3. The molecule has 0 spiro atoms. The standard InChI is InChI=1S/C8H10N4O/c1-13-8-3-2-6(4-7(8)9)5-11-12-10/h2-4H,5,9H2,1H3. The van der Waals surface area contributed by atoms with E-state index < -0.39 is 0 Å². The number of nitrogen functional groups attached to an aromatic ring is 1. The Morgan fingerprint density at radius 2 is 2.38 bits per heavy atom. The summed E-state index contributed by atoms with van der Waals surface area (Å²) >= 11 is 0. The summed E-state index contributed by atoms with van der Waals surface area (Å²) in [5.41, 5.74) is 15.2. The van der Waals surface area contributed by atoms with Gasteiger partial charge in [0.25, 0.3) is 0 Å². The van der Waals surface area contributed by atoms with Crippen LogP contribution >= 0.6 is 0 Å². The molecule has 0 saturated heterocycles. The van der Waals surface area contributed by atoms with Gasteiger partial charge in [-0.05, 0) is 23.2 Å². The van der Waals surface area contributed by atoms with Crippen molar-refractivity contribution in [3.05, 3.63) is 34.2 Å². The number of hydrogen-bond acceptors (Lipinski definition) is 3. The zero-order valence-electron chi connectivity index (χ0n) is 7.27. The highest BCUT2D eigenvalue weighted by Crippen LogP contribution is 2.22. The molecule has 0 radical (unpaired) electrons. The Balaban J connectivity index is 2.88. The van der Waals surface area contributed by atoms with Crippen LogP contribution in [0.5, 0.6) is 5.75 Å². The molecule has 0 bridgehead atoms. The van der Waals surface area contributed by atoms with E-state index in [1.807, 2.05) is 6.07 Å². The van der Waals surface area contributed by atoms with Crippen LogP contribution in [0.3, 0.4) is 0 Å². The molecule has 1 aromatic rings. The second-order valence-corrected chi connectivity index (χ2v) is 2.47. The molecule has 0 aliphatic rings. The Morgan fingerprint density at radius 1 is 1.62 bits per heavy atom. The molecule has 0 amide bonds. The van der Waals surface area contributed by atoms with Crippen LogP contribution < -0.4 is 10.5 Å². The number of nitrogens with two attached hydrogens (primary N) is 1. The van der Waals surface area contributed by atoms with Gasteiger partial charge in [-0.3, -0.25) is 0 Å². The maximum Gasteiger partial charge on any atom is 0.141 e. The first-order valence-corrected chi connectivity index (χ1v) is 3.71. The van der Waals surface area contributed by atoms with Crippen LogP contribution in [0.2, 0.25) is 0 Å². The first-order valence-electron chi connectivity index (χ1n) is 3.71. The summed E-state index contributed by atoms with van der Waals surface area (Å²) in [4.78, 5) is 2.66. The Morgan fingerprint density at radius 3 is 2.92 bits per heavy atom. The molecule has 0 aromatic heterocycles. The molecule has 68 valence electrons. The van der Waals surface area contributed by atoms with E-state index in [9.17, 15) is 0 Å². The number of anilines is 1. The van der Waals surface area contributed by atoms with E-state index in [-0.39, 0.29) is 0 Å². The van der Waals surface area contributed by atoms with Gasteiger partial charge in [0.1, 0.15) is 5.75 Å². The van der Waals surface area contributed by atoms with Crippen LogP contribution in [0.15, 0.2) is 23.3 Å². The molecular formula is C8H10N4O. The summed E-state index contributed by atoms with van der Waals surface area (Å²) in [7, 11) is 1.55. The second-order valence-electron chi connectivity index (χ2n) is 2.47. The molecule has 0 aliphatic heterocycles. The third-order valence-electron chi connectivity index (χ3n) is 1.61. The van der Waals surface area contributed by atoms with Gasteiger partial charge in [-0.15, -0.1) is 0 Å². The second kappa shape index (κ2) is 4.23. The molecule has 1 rings (SSSR count). The fourth-order valence-electron chi connectivity index (χ4n) is 0.995. The number of hydrogen-bond donors (Lipinski definition) is 1. The molecule has 1 aromatic carbocycles. The smallest absolute Gasteiger partial charge is 0.141 e. The molecule has 2 N–H and O–H groups in total. The molecule has 0 heterocycles. The monoisotopic (exact) mass is 178 g/mol. The van der Waals surface area contributed by atoms with Gasteiger partial charge in [-0.25, -0.2) is 0 Å². The van der Waals surface area contributed by atoms with Crippen molar-refractivity contribution in [2.45, 2.75) is 6.54 Å². The Labute approximate surface area is 75.7 Å². The first kappa shape index (κ1) is 9.22. The maximum absolute atomic E-state index is 8.10. The molecule has 13 heavy (non-hydrogen) atoms. The van der Waals surface area contributed by atoms with Gasteiger partial charge in [0, 0.05) is 4.91 Å². The number of nitrogens with zero attached hydrogens (tertiary/aromatic N) is 3. The molecular weight excluding hydrogens is 168 g/mol. The van der Waals surface area contributed by atoms with Crippen LogP contribution in [0, 0.1) is 0 Å². The van der Waals surface area contributed by atoms with E-state index in [0.29, 0.717) is 18.0 Å². The summed E-state index contributed by atoms with van der Waals surface area (Å²) in [5.74, 6) is 0.629. The van der Waals surface area contributed by atoms with Crippen LogP contribution in [0.4, 0.5) is 5.69 Å². The summed E-state index contributed by atoms with van der Waals surface area (Å²) in [6.45, 7) is 0.310. The largest absolute Gasteiger partial charge is 0.495 e.